The molecule has 25 heavy (non-hydrogen) atoms. The normalized spacial score (nSPS) is 20.2. The summed E-state index contributed by atoms with van der Waals surface area (Å²) in [7, 11) is 0. The molecule has 2 aromatic rings. The van der Waals surface area contributed by atoms with Crippen LogP contribution in [0.5, 0.6) is 5.75 Å². The van der Waals surface area contributed by atoms with Crippen molar-refractivity contribution in [2.24, 2.45) is 5.92 Å². The van der Waals surface area contributed by atoms with Gasteiger partial charge >= 0.3 is 0 Å². The Morgan fingerprint density at radius 1 is 1.36 bits per heavy atom. The van der Waals surface area contributed by atoms with Gasteiger partial charge in [0.1, 0.15) is 12.3 Å². The molecule has 134 valence electrons. The van der Waals surface area contributed by atoms with Crippen molar-refractivity contribution < 1.29 is 13.9 Å². The zero-order chi connectivity index (χ0) is 17.6. The van der Waals surface area contributed by atoms with E-state index in [0.29, 0.717) is 11.8 Å². The molecular formula is C18H23N3O3S. The highest BCUT2D eigenvalue weighted by molar-refractivity contribution is 7.71. The SMILES string of the molecule is C[C@H]1CCCC[C@@H]1NC(=O)Cn1nc(COc2ccccc2)oc1=S. The summed E-state index contributed by atoms with van der Waals surface area (Å²) in [6, 6.07) is 9.64. The summed E-state index contributed by atoms with van der Waals surface area (Å²) in [6.45, 7) is 2.42. The van der Waals surface area contributed by atoms with Crippen LogP contribution in [0.15, 0.2) is 34.7 Å². The molecule has 0 spiro atoms. The lowest BCUT2D eigenvalue weighted by Crippen LogP contribution is -2.42. The number of nitrogens with zero attached hydrogens (tertiary/aromatic N) is 2. The third-order valence-corrected chi connectivity index (χ3v) is 4.80. The highest BCUT2D eigenvalue weighted by atomic mass is 32.1. The van der Waals surface area contributed by atoms with Gasteiger partial charge in [-0.15, -0.1) is 5.10 Å². The van der Waals surface area contributed by atoms with Crippen molar-refractivity contribution in [3.8, 4) is 5.75 Å². The van der Waals surface area contributed by atoms with E-state index < -0.39 is 0 Å². The number of aromatic nitrogens is 2. The lowest BCUT2D eigenvalue weighted by Gasteiger charge is -2.29. The molecule has 1 N–H and O–H groups in total. The smallest absolute Gasteiger partial charge is 0.287 e. The lowest BCUT2D eigenvalue weighted by atomic mass is 9.86. The number of carbonyl (C=O) groups is 1. The van der Waals surface area contributed by atoms with Gasteiger partial charge in [0.2, 0.25) is 5.91 Å². The maximum atomic E-state index is 12.3. The number of nitrogens with one attached hydrogen (secondary N) is 1. The van der Waals surface area contributed by atoms with Crippen LogP contribution in [0.3, 0.4) is 0 Å². The van der Waals surface area contributed by atoms with Crippen molar-refractivity contribution in [2.45, 2.75) is 51.8 Å². The molecule has 1 amide bonds. The molecule has 1 aliphatic rings. The third kappa shape index (κ3) is 4.92. The van der Waals surface area contributed by atoms with Crippen LogP contribution in [0.25, 0.3) is 0 Å². The summed E-state index contributed by atoms with van der Waals surface area (Å²) >= 11 is 5.15. The molecule has 0 saturated heterocycles. The number of rotatable bonds is 6. The maximum absolute atomic E-state index is 12.3. The van der Waals surface area contributed by atoms with Crippen molar-refractivity contribution in [1.82, 2.24) is 15.1 Å². The summed E-state index contributed by atoms with van der Waals surface area (Å²) in [5.74, 6) is 1.51. The van der Waals surface area contributed by atoms with Gasteiger partial charge in [-0.2, -0.15) is 0 Å². The Morgan fingerprint density at radius 3 is 2.88 bits per heavy atom. The fourth-order valence-electron chi connectivity index (χ4n) is 3.09. The molecule has 1 heterocycles. The molecule has 0 radical (unpaired) electrons. The summed E-state index contributed by atoms with van der Waals surface area (Å²) in [4.78, 5) is 12.5. The number of amides is 1. The van der Waals surface area contributed by atoms with Gasteiger partial charge in [-0.05, 0) is 43.1 Å². The average Bonchev–Trinajstić information content (AvgIpc) is 2.96. The van der Waals surface area contributed by atoms with Crippen LogP contribution in [-0.4, -0.2) is 21.7 Å². The number of ether oxygens (including phenoxy) is 1. The van der Waals surface area contributed by atoms with E-state index in [0.717, 1.165) is 18.6 Å². The standard InChI is InChI=1S/C18H23N3O3S/c1-13-7-5-6-10-15(13)19-16(22)11-21-18(25)24-17(20-21)12-23-14-8-3-2-4-9-14/h2-4,8-9,13,15H,5-7,10-12H2,1H3,(H,19,22)/t13-,15-/m0/s1. The highest BCUT2D eigenvalue weighted by Gasteiger charge is 2.23. The minimum absolute atomic E-state index is 0.0664. The topological polar surface area (TPSA) is 69.3 Å². The van der Waals surface area contributed by atoms with Crippen LogP contribution in [0, 0.1) is 10.8 Å². The van der Waals surface area contributed by atoms with E-state index in [1.807, 2.05) is 30.3 Å². The summed E-state index contributed by atoms with van der Waals surface area (Å²) in [5, 5.41) is 7.33. The molecular weight excluding hydrogens is 338 g/mol. The molecule has 0 aliphatic heterocycles. The number of benzene rings is 1. The number of hydrogen-bond donors (Lipinski definition) is 1. The second-order valence-corrected chi connectivity index (χ2v) is 6.81. The van der Waals surface area contributed by atoms with Crippen molar-refractivity contribution in [1.29, 1.82) is 0 Å². The van der Waals surface area contributed by atoms with Gasteiger partial charge in [-0.3, -0.25) is 4.79 Å². The van der Waals surface area contributed by atoms with Crippen molar-refractivity contribution in [2.75, 3.05) is 0 Å². The fraction of sp³-hybridized carbons (Fsp3) is 0.500. The van der Waals surface area contributed by atoms with E-state index in [4.69, 9.17) is 21.4 Å². The molecule has 1 aliphatic carbocycles. The van der Waals surface area contributed by atoms with Gasteiger partial charge in [0.05, 0.1) is 0 Å². The Hall–Kier alpha value is -2.15. The van der Waals surface area contributed by atoms with Crippen molar-refractivity contribution >= 4 is 18.1 Å². The number of hydrogen-bond acceptors (Lipinski definition) is 5. The van der Waals surface area contributed by atoms with Crippen LogP contribution in [0.1, 0.15) is 38.5 Å². The van der Waals surface area contributed by atoms with E-state index in [9.17, 15) is 4.79 Å². The first-order valence-electron chi connectivity index (χ1n) is 8.66. The molecule has 1 aromatic heterocycles. The quantitative estimate of drug-likeness (QED) is 0.798. The second-order valence-electron chi connectivity index (χ2n) is 6.46. The zero-order valence-electron chi connectivity index (χ0n) is 14.3. The van der Waals surface area contributed by atoms with E-state index in [2.05, 4.69) is 17.3 Å². The molecule has 2 atom stereocenters. The van der Waals surface area contributed by atoms with E-state index in [1.165, 1.54) is 17.5 Å². The molecule has 6 nitrogen and oxygen atoms in total. The predicted molar refractivity (Wildman–Crippen MR) is 95.7 cm³/mol. The van der Waals surface area contributed by atoms with Crippen LogP contribution >= 0.6 is 12.2 Å². The van der Waals surface area contributed by atoms with Gasteiger partial charge in [0.25, 0.3) is 10.7 Å². The summed E-state index contributed by atoms with van der Waals surface area (Å²) in [5.41, 5.74) is 0. The molecule has 1 saturated carbocycles. The molecule has 0 unspecified atom stereocenters. The third-order valence-electron chi connectivity index (χ3n) is 4.50. The monoisotopic (exact) mass is 361 g/mol. The number of para-hydroxylation sites is 1. The Balaban J connectivity index is 1.55. The van der Waals surface area contributed by atoms with Crippen LogP contribution < -0.4 is 10.1 Å². The molecule has 7 heteroatoms. The predicted octanol–water partition coefficient (Wildman–Crippen LogP) is 3.48. The number of carbonyl (C=O) groups excluding carboxylic acids is 1. The zero-order valence-corrected chi connectivity index (χ0v) is 15.1. The summed E-state index contributed by atoms with van der Waals surface area (Å²) < 4.78 is 12.4. The van der Waals surface area contributed by atoms with E-state index >= 15 is 0 Å². The first-order chi connectivity index (χ1) is 12.1. The lowest BCUT2D eigenvalue weighted by molar-refractivity contribution is -0.123. The molecule has 3 rings (SSSR count). The van der Waals surface area contributed by atoms with E-state index in [-0.39, 0.29) is 29.9 Å². The Morgan fingerprint density at radius 2 is 2.12 bits per heavy atom. The van der Waals surface area contributed by atoms with Crippen LogP contribution in [0.2, 0.25) is 0 Å². The Bertz CT molecular complexity index is 756. The van der Waals surface area contributed by atoms with Gasteiger partial charge in [-0.1, -0.05) is 38.0 Å². The van der Waals surface area contributed by atoms with Gasteiger partial charge < -0.3 is 14.5 Å². The minimum Gasteiger partial charge on any atom is -0.484 e. The Labute approximate surface area is 152 Å². The van der Waals surface area contributed by atoms with Crippen LogP contribution in [0.4, 0.5) is 0 Å². The first-order valence-corrected chi connectivity index (χ1v) is 9.06. The van der Waals surface area contributed by atoms with Crippen LogP contribution in [-0.2, 0) is 17.9 Å². The van der Waals surface area contributed by atoms with E-state index in [1.54, 1.807) is 0 Å². The van der Waals surface area contributed by atoms with Gasteiger partial charge in [0, 0.05) is 6.04 Å². The first kappa shape index (κ1) is 17.7. The molecule has 1 aromatic carbocycles. The van der Waals surface area contributed by atoms with Gasteiger partial charge in [0.15, 0.2) is 6.61 Å². The van der Waals surface area contributed by atoms with Crippen molar-refractivity contribution in [3.63, 3.8) is 0 Å². The highest BCUT2D eigenvalue weighted by Crippen LogP contribution is 2.23. The fourth-order valence-corrected chi connectivity index (χ4v) is 3.29. The van der Waals surface area contributed by atoms with Crippen molar-refractivity contribution in [3.05, 3.63) is 41.1 Å². The molecule has 1 fully saturated rings. The maximum Gasteiger partial charge on any atom is 0.287 e. The summed E-state index contributed by atoms with van der Waals surface area (Å²) in [6.07, 6.45) is 4.61. The average molecular weight is 361 g/mol. The molecule has 0 bridgehead atoms. The largest absolute Gasteiger partial charge is 0.484 e. The Kier molecular flexibility index (Phi) is 5.86. The minimum atomic E-state index is -0.0846. The second kappa shape index (κ2) is 8.29. The van der Waals surface area contributed by atoms with Gasteiger partial charge in [-0.25, -0.2) is 4.68 Å².